The lowest BCUT2D eigenvalue weighted by atomic mass is 10.1. The number of nitrogens with one attached hydrogen (secondary N) is 1. The van der Waals surface area contributed by atoms with Crippen molar-refractivity contribution in [2.24, 2.45) is 0 Å². The third-order valence-corrected chi connectivity index (χ3v) is 5.93. The summed E-state index contributed by atoms with van der Waals surface area (Å²) in [6.07, 6.45) is -3.34. The number of alkyl halides is 3. The third-order valence-electron chi connectivity index (χ3n) is 5.02. The molecule has 0 aliphatic heterocycles. The highest BCUT2D eigenvalue weighted by Gasteiger charge is 2.31. The Kier molecular flexibility index (Phi) is 9.24. The molecule has 37 heavy (non-hydrogen) atoms. The zero-order valence-electron chi connectivity index (χ0n) is 19.7. The van der Waals surface area contributed by atoms with Gasteiger partial charge in [-0.05, 0) is 77.3 Å². The number of benzene rings is 3. The van der Waals surface area contributed by atoms with Gasteiger partial charge >= 0.3 is 6.18 Å². The number of amides is 1. The first kappa shape index (κ1) is 28.1. The molecule has 0 aromatic heterocycles. The number of nitriles is 1. The van der Waals surface area contributed by atoms with Crippen molar-refractivity contribution in [1.82, 2.24) is 0 Å². The second-order valence-corrected chi connectivity index (χ2v) is 9.12. The van der Waals surface area contributed by atoms with Crippen molar-refractivity contribution in [3.8, 4) is 17.6 Å². The number of halogens is 5. The number of hydrogen-bond acceptors (Lipinski definition) is 4. The van der Waals surface area contributed by atoms with Gasteiger partial charge < -0.3 is 14.8 Å². The summed E-state index contributed by atoms with van der Waals surface area (Å²) in [6.45, 7) is 4.41. The highest BCUT2D eigenvalue weighted by molar-refractivity contribution is 9.10. The standard InChI is InChI=1S/C27H21BrClF3N2O3/c1-3-36-24-12-18(11-21(28)25(24)37-15-17-6-4-5-16(2)9-17)10-19(14-33)26(35)34-23-13-20(27(30,31)32)7-8-22(23)29/h4-13H,3,15H2,1-2H3,(H,34,35). The van der Waals surface area contributed by atoms with Crippen LogP contribution in [0.3, 0.4) is 0 Å². The molecule has 0 saturated carbocycles. The van der Waals surface area contributed by atoms with Crippen molar-refractivity contribution in [2.45, 2.75) is 26.6 Å². The molecule has 0 radical (unpaired) electrons. The van der Waals surface area contributed by atoms with Gasteiger partial charge in [-0.3, -0.25) is 4.79 Å². The lowest BCUT2D eigenvalue weighted by Crippen LogP contribution is -2.15. The van der Waals surface area contributed by atoms with Gasteiger partial charge in [0, 0.05) is 0 Å². The van der Waals surface area contributed by atoms with Crippen molar-refractivity contribution in [3.63, 3.8) is 0 Å². The van der Waals surface area contributed by atoms with Crippen molar-refractivity contribution in [3.05, 3.63) is 91.9 Å². The minimum atomic E-state index is -4.62. The largest absolute Gasteiger partial charge is 0.490 e. The molecule has 0 bridgehead atoms. The molecule has 0 heterocycles. The predicted molar refractivity (Wildman–Crippen MR) is 139 cm³/mol. The van der Waals surface area contributed by atoms with Gasteiger partial charge in [-0.25, -0.2) is 0 Å². The first-order valence-corrected chi connectivity index (χ1v) is 12.1. The fourth-order valence-electron chi connectivity index (χ4n) is 3.33. The molecule has 1 N–H and O–H groups in total. The lowest BCUT2D eigenvalue weighted by Gasteiger charge is -2.15. The van der Waals surface area contributed by atoms with Gasteiger partial charge in [-0.2, -0.15) is 18.4 Å². The normalized spacial score (nSPS) is 11.6. The second-order valence-electron chi connectivity index (χ2n) is 7.86. The van der Waals surface area contributed by atoms with E-state index in [1.54, 1.807) is 25.1 Å². The van der Waals surface area contributed by atoms with Crippen molar-refractivity contribution in [2.75, 3.05) is 11.9 Å². The predicted octanol–water partition coefficient (Wildman–Crippen LogP) is 7.95. The molecule has 0 spiro atoms. The summed E-state index contributed by atoms with van der Waals surface area (Å²) in [4.78, 5) is 12.7. The molecule has 0 unspecified atom stereocenters. The number of hydrogen-bond donors (Lipinski definition) is 1. The average molecular weight is 594 g/mol. The van der Waals surface area contributed by atoms with Gasteiger partial charge in [-0.15, -0.1) is 0 Å². The molecule has 5 nitrogen and oxygen atoms in total. The van der Waals surface area contributed by atoms with Gasteiger partial charge in [0.2, 0.25) is 0 Å². The topological polar surface area (TPSA) is 71.3 Å². The lowest BCUT2D eigenvalue weighted by molar-refractivity contribution is -0.137. The van der Waals surface area contributed by atoms with Gasteiger partial charge in [-0.1, -0.05) is 41.4 Å². The van der Waals surface area contributed by atoms with Crippen LogP contribution >= 0.6 is 27.5 Å². The zero-order valence-corrected chi connectivity index (χ0v) is 22.1. The molecule has 192 valence electrons. The Bertz CT molecular complexity index is 1380. The molecule has 0 fully saturated rings. The number of rotatable bonds is 8. The van der Waals surface area contributed by atoms with Crippen LogP contribution in [-0.4, -0.2) is 12.5 Å². The van der Waals surface area contributed by atoms with Crippen LogP contribution < -0.4 is 14.8 Å². The molecule has 0 saturated heterocycles. The van der Waals surface area contributed by atoms with Crippen molar-refractivity contribution in [1.29, 1.82) is 5.26 Å². The summed E-state index contributed by atoms with van der Waals surface area (Å²) >= 11 is 9.41. The minimum absolute atomic E-state index is 0.102. The molecule has 0 atom stereocenters. The van der Waals surface area contributed by atoms with E-state index in [1.165, 1.54) is 6.08 Å². The fraction of sp³-hybridized carbons (Fsp3) is 0.185. The van der Waals surface area contributed by atoms with E-state index in [1.807, 2.05) is 31.2 Å². The molecule has 3 rings (SSSR count). The maximum Gasteiger partial charge on any atom is 0.416 e. The number of anilines is 1. The molecule has 3 aromatic rings. The minimum Gasteiger partial charge on any atom is -0.490 e. The van der Waals surface area contributed by atoms with E-state index in [-0.39, 0.29) is 16.3 Å². The molecule has 3 aromatic carbocycles. The number of carbonyl (C=O) groups is 1. The fourth-order valence-corrected chi connectivity index (χ4v) is 4.07. The Morgan fingerprint density at radius 2 is 1.92 bits per heavy atom. The maximum atomic E-state index is 13.0. The molecule has 0 aliphatic rings. The Hall–Kier alpha value is -3.48. The Morgan fingerprint density at radius 3 is 2.57 bits per heavy atom. The highest BCUT2D eigenvalue weighted by Crippen LogP contribution is 2.38. The summed E-state index contributed by atoms with van der Waals surface area (Å²) in [5, 5.41) is 11.7. The summed E-state index contributed by atoms with van der Waals surface area (Å²) in [5.74, 6) is -0.0915. The van der Waals surface area contributed by atoms with Crippen LogP contribution in [0, 0.1) is 18.3 Å². The number of aryl methyl sites for hydroxylation is 1. The quantitative estimate of drug-likeness (QED) is 0.213. The van der Waals surface area contributed by atoms with Crippen LogP contribution in [-0.2, 0) is 17.6 Å². The summed E-state index contributed by atoms with van der Waals surface area (Å²) in [7, 11) is 0. The van der Waals surface area contributed by atoms with Crippen molar-refractivity contribution < 1.29 is 27.4 Å². The van der Waals surface area contributed by atoms with Gasteiger partial charge in [0.15, 0.2) is 11.5 Å². The SMILES string of the molecule is CCOc1cc(C=C(C#N)C(=O)Nc2cc(C(F)(F)F)ccc2Cl)cc(Br)c1OCc1cccc(C)c1. The Balaban J connectivity index is 1.87. The second kappa shape index (κ2) is 12.2. The molecular formula is C27H21BrClF3N2O3. The van der Waals surface area contributed by atoms with Crippen LogP contribution in [0.2, 0.25) is 5.02 Å². The van der Waals surface area contributed by atoms with E-state index in [4.69, 9.17) is 21.1 Å². The van der Waals surface area contributed by atoms with Gasteiger partial charge in [0.1, 0.15) is 18.2 Å². The van der Waals surface area contributed by atoms with Crippen LogP contribution in [0.5, 0.6) is 11.5 Å². The Morgan fingerprint density at radius 1 is 1.16 bits per heavy atom. The summed E-state index contributed by atoms with van der Waals surface area (Å²) < 4.78 is 51.3. The van der Waals surface area contributed by atoms with Crippen molar-refractivity contribution >= 4 is 45.2 Å². The van der Waals surface area contributed by atoms with E-state index in [0.29, 0.717) is 40.8 Å². The van der Waals surface area contributed by atoms with Gasteiger partial charge in [0.25, 0.3) is 5.91 Å². The number of carbonyl (C=O) groups excluding carboxylic acids is 1. The highest BCUT2D eigenvalue weighted by atomic mass is 79.9. The van der Waals surface area contributed by atoms with Crippen LogP contribution in [0.15, 0.2) is 64.6 Å². The van der Waals surface area contributed by atoms with E-state index in [0.717, 1.165) is 23.3 Å². The summed E-state index contributed by atoms with van der Waals surface area (Å²) in [5.41, 5.74) is 0.894. The number of nitrogens with zero attached hydrogens (tertiary/aromatic N) is 1. The number of ether oxygens (including phenoxy) is 2. The first-order valence-electron chi connectivity index (χ1n) is 11.0. The zero-order chi connectivity index (χ0) is 27.2. The Labute approximate surface area is 225 Å². The maximum absolute atomic E-state index is 13.0. The van der Waals surface area contributed by atoms with E-state index >= 15 is 0 Å². The average Bonchev–Trinajstić information content (AvgIpc) is 2.83. The van der Waals surface area contributed by atoms with Crippen LogP contribution in [0.25, 0.3) is 6.08 Å². The smallest absolute Gasteiger partial charge is 0.416 e. The molecule has 0 aliphatic carbocycles. The molecule has 10 heteroatoms. The third kappa shape index (κ3) is 7.51. The van der Waals surface area contributed by atoms with Crippen LogP contribution in [0.4, 0.5) is 18.9 Å². The monoisotopic (exact) mass is 592 g/mol. The molecular weight excluding hydrogens is 573 g/mol. The first-order chi connectivity index (χ1) is 17.5. The molecule has 1 amide bonds. The van der Waals surface area contributed by atoms with E-state index in [9.17, 15) is 23.2 Å². The van der Waals surface area contributed by atoms with E-state index in [2.05, 4.69) is 21.2 Å². The summed E-state index contributed by atoms with van der Waals surface area (Å²) in [6, 6.07) is 15.4. The van der Waals surface area contributed by atoms with Crippen LogP contribution in [0.1, 0.15) is 29.2 Å². The van der Waals surface area contributed by atoms with Gasteiger partial charge in [0.05, 0.1) is 27.4 Å². The van der Waals surface area contributed by atoms with E-state index < -0.39 is 17.6 Å².